The van der Waals surface area contributed by atoms with Gasteiger partial charge in [0.15, 0.2) is 0 Å². The molecule has 0 amide bonds. The highest BCUT2D eigenvalue weighted by Crippen LogP contribution is 2.26. The van der Waals surface area contributed by atoms with Crippen molar-refractivity contribution in [2.24, 2.45) is 0 Å². The zero-order chi connectivity index (χ0) is 15.7. The highest BCUT2D eigenvalue weighted by atomic mass is 35.5. The molecule has 1 unspecified atom stereocenters. The Morgan fingerprint density at radius 1 is 1.22 bits per heavy atom. The van der Waals surface area contributed by atoms with Crippen LogP contribution in [0.3, 0.4) is 0 Å². The van der Waals surface area contributed by atoms with E-state index in [-0.39, 0.29) is 22.3 Å². The molecule has 2 fully saturated rings. The maximum Gasteiger partial charge on any atom is 0.244 e. The molecular formula is C14H20Cl2FN3O2S. The number of hydrogen-bond acceptors (Lipinski definition) is 4. The largest absolute Gasteiger partial charge is 0.315 e. The second kappa shape index (κ2) is 7.63. The molecule has 3 rings (SSSR count). The minimum absolute atomic E-state index is 0. The first-order chi connectivity index (χ1) is 10.5. The molecule has 23 heavy (non-hydrogen) atoms. The lowest BCUT2D eigenvalue weighted by molar-refractivity contribution is 0.145. The summed E-state index contributed by atoms with van der Waals surface area (Å²) in [7, 11) is -3.66. The van der Waals surface area contributed by atoms with Crippen LogP contribution in [0.5, 0.6) is 0 Å². The van der Waals surface area contributed by atoms with Gasteiger partial charge in [0.25, 0.3) is 0 Å². The zero-order valence-corrected chi connectivity index (χ0v) is 14.9. The number of hydrogen-bond donors (Lipinski definition) is 1. The quantitative estimate of drug-likeness (QED) is 0.860. The molecule has 130 valence electrons. The third-order valence-electron chi connectivity index (χ3n) is 4.34. The molecule has 0 saturated carbocycles. The van der Waals surface area contributed by atoms with E-state index in [0.29, 0.717) is 32.2 Å². The lowest BCUT2D eigenvalue weighted by atomic mass is 10.2. The minimum Gasteiger partial charge on any atom is -0.315 e. The molecule has 1 aromatic carbocycles. The zero-order valence-electron chi connectivity index (χ0n) is 12.5. The van der Waals surface area contributed by atoms with Gasteiger partial charge in [0.05, 0.1) is 5.02 Å². The van der Waals surface area contributed by atoms with Gasteiger partial charge in [0.1, 0.15) is 10.7 Å². The number of benzene rings is 1. The Balaban J connectivity index is 0.00000192. The summed E-state index contributed by atoms with van der Waals surface area (Å²) in [5, 5.41) is 3.26. The third kappa shape index (κ3) is 3.97. The monoisotopic (exact) mass is 383 g/mol. The van der Waals surface area contributed by atoms with Gasteiger partial charge in [0.2, 0.25) is 10.0 Å². The standard InChI is InChI=1S/C14H19ClFN3O2S.ClH/c15-13-9-11(16)1-2-14(13)22(20,21)19-7-5-18(6-8-19)12-3-4-17-10-12;/h1-2,9,12,17H,3-8,10H2;1H. The van der Waals surface area contributed by atoms with E-state index in [1.807, 2.05) is 0 Å². The van der Waals surface area contributed by atoms with Gasteiger partial charge in [0, 0.05) is 38.8 Å². The van der Waals surface area contributed by atoms with Crippen LogP contribution in [-0.2, 0) is 10.0 Å². The third-order valence-corrected chi connectivity index (χ3v) is 6.72. The first kappa shape index (κ1) is 18.9. The Bertz CT molecular complexity index is 645. The second-order valence-corrected chi connectivity index (χ2v) is 7.97. The van der Waals surface area contributed by atoms with Crippen LogP contribution in [0.25, 0.3) is 0 Å². The highest BCUT2D eigenvalue weighted by Gasteiger charge is 2.32. The van der Waals surface area contributed by atoms with Crippen molar-refractivity contribution in [3.05, 3.63) is 29.0 Å². The predicted octanol–water partition coefficient (Wildman–Crippen LogP) is 1.57. The highest BCUT2D eigenvalue weighted by molar-refractivity contribution is 7.89. The SMILES string of the molecule is Cl.O=S(=O)(c1ccc(F)cc1Cl)N1CCN(C2CCNC2)CC1. The molecule has 0 aromatic heterocycles. The summed E-state index contributed by atoms with van der Waals surface area (Å²) >= 11 is 5.90. The fourth-order valence-corrected chi connectivity index (χ4v) is 5.01. The van der Waals surface area contributed by atoms with Crippen molar-refractivity contribution in [2.45, 2.75) is 17.4 Å². The van der Waals surface area contributed by atoms with Crippen molar-refractivity contribution < 1.29 is 12.8 Å². The van der Waals surface area contributed by atoms with E-state index in [1.165, 1.54) is 10.4 Å². The molecule has 2 aliphatic rings. The number of nitrogens with zero attached hydrogens (tertiary/aromatic N) is 2. The number of sulfonamides is 1. The summed E-state index contributed by atoms with van der Waals surface area (Å²) in [6.07, 6.45) is 1.11. The minimum atomic E-state index is -3.66. The lowest BCUT2D eigenvalue weighted by Crippen LogP contribution is -2.52. The molecule has 2 heterocycles. The van der Waals surface area contributed by atoms with E-state index < -0.39 is 15.8 Å². The molecule has 2 aliphatic heterocycles. The molecule has 1 aromatic rings. The molecule has 0 aliphatic carbocycles. The van der Waals surface area contributed by atoms with Gasteiger partial charge in [-0.05, 0) is 31.2 Å². The van der Waals surface area contributed by atoms with E-state index in [4.69, 9.17) is 11.6 Å². The Morgan fingerprint density at radius 2 is 1.91 bits per heavy atom. The summed E-state index contributed by atoms with van der Waals surface area (Å²) in [5.74, 6) is -0.539. The van der Waals surface area contributed by atoms with Gasteiger partial charge in [-0.3, -0.25) is 4.90 Å². The fraction of sp³-hybridized carbons (Fsp3) is 0.571. The van der Waals surface area contributed by atoms with Crippen molar-refractivity contribution in [2.75, 3.05) is 39.3 Å². The van der Waals surface area contributed by atoms with Crippen LogP contribution in [0.15, 0.2) is 23.1 Å². The Morgan fingerprint density at radius 3 is 2.48 bits per heavy atom. The van der Waals surface area contributed by atoms with Gasteiger partial charge in [-0.25, -0.2) is 12.8 Å². The molecule has 0 bridgehead atoms. The Labute approximate surface area is 147 Å². The van der Waals surface area contributed by atoms with Crippen LogP contribution in [0.2, 0.25) is 5.02 Å². The normalized spacial score (nSPS) is 23.7. The number of piperazine rings is 1. The molecule has 2 saturated heterocycles. The van der Waals surface area contributed by atoms with E-state index in [2.05, 4.69) is 10.2 Å². The smallest absolute Gasteiger partial charge is 0.244 e. The molecule has 5 nitrogen and oxygen atoms in total. The molecule has 1 N–H and O–H groups in total. The first-order valence-electron chi connectivity index (χ1n) is 7.38. The molecular weight excluding hydrogens is 364 g/mol. The van der Waals surface area contributed by atoms with Crippen LogP contribution >= 0.6 is 24.0 Å². The Kier molecular flexibility index (Phi) is 6.27. The van der Waals surface area contributed by atoms with E-state index in [1.54, 1.807) is 0 Å². The van der Waals surface area contributed by atoms with Crippen molar-refractivity contribution in [3.63, 3.8) is 0 Å². The summed E-state index contributed by atoms with van der Waals surface area (Å²) in [4.78, 5) is 2.31. The molecule has 0 spiro atoms. The van der Waals surface area contributed by atoms with Crippen molar-refractivity contribution in [1.29, 1.82) is 0 Å². The number of rotatable bonds is 3. The lowest BCUT2D eigenvalue weighted by Gasteiger charge is -2.37. The molecule has 0 radical (unpaired) electrons. The number of halogens is 3. The van der Waals surface area contributed by atoms with Crippen LogP contribution in [-0.4, -0.2) is 62.9 Å². The summed E-state index contributed by atoms with van der Waals surface area (Å²) < 4.78 is 39.8. The topological polar surface area (TPSA) is 52.7 Å². The van der Waals surface area contributed by atoms with Crippen LogP contribution in [0.4, 0.5) is 4.39 Å². The summed E-state index contributed by atoms with van der Waals surface area (Å²) in [6.45, 7) is 4.29. The van der Waals surface area contributed by atoms with Crippen molar-refractivity contribution in [1.82, 2.24) is 14.5 Å². The Hall–Kier alpha value is -0.440. The van der Waals surface area contributed by atoms with Crippen LogP contribution in [0, 0.1) is 5.82 Å². The number of nitrogens with one attached hydrogen (secondary N) is 1. The summed E-state index contributed by atoms with van der Waals surface area (Å²) in [6, 6.07) is 3.90. The van der Waals surface area contributed by atoms with Gasteiger partial charge in [-0.1, -0.05) is 11.6 Å². The average Bonchev–Trinajstić information content (AvgIpc) is 3.01. The van der Waals surface area contributed by atoms with E-state index in [0.717, 1.165) is 31.6 Å². The average molecular weight is 384 g/mol. The summed E-state index contributed by atoms with van der Waals surface area (Å²) in [5.41, 5.74) is 0. The van der Waals surface area contributed by atoms with Gasteiger partial charge >= 0.3 is 0 Å². The van der Waals surface area contributed by atoms with E-state index in [9.17, 15) is 12.8 Å². The van der Waals surface area contributed by atoms with Crippen molar-refractivity contribution in [3.8, 4) is 0 Å². The molecule has 1 atom stereocenters. The van der Waals surface area contributed by atoms with Gasteiger partial charge < -0.3 is 5.32 Å². The first-order valence-corrected chi connectivity index (χ1v) is 9.20. The van der Waals surface area contributed by atoms with E-state index >= 15 is 0 Å². The van der Waals surface area contributed by atoms with Gasteiger partial charge in [-0.15, -0.1) is 12.4 Å². The maximum atomic E-state index is 13.1. The van der Waals surface area contributed by atoms with Crippen LogP contribution < -0.4 is 5.32 Å². The fourth-order valence-electron chi connectivity index (χ4n) is 3.08. The molecule has 9 heteroatoms. The maximum absolute atomic E-state index is 13.1. The van der Waals surface area contributed by atoms with Crippen molar-refractivity contribution >= 4 is 34.0 Å². The van der Waals surface area contributed by atoms with Gasteiger partial charge in [-0.2, -0.15) is 4.31 Å². The predicted molar refractivity (Wildman–Crippen MR) is 90.3 cm³/mol. The second-order valence-electron chi connectivity index (χ2n) is 5.66. The van der Waals surface area contributed by atoms with Crippen LogP contribution in [0.1, 0.15) is 6.42 Å².